The van der Waals surface area contributed by atoms with Gasteiger partial charge in [-0.3, -0.25) is 4.57 Å². The highest BCUT2D eigenvalue weighted by atomic mass is 31.2. The second-order valence-electron chi connectivity index (χ2n) is 6.83. The van der Waals surface area contributed by atoms with E-state index in [4.69, 9.17) is 5.26 Å². The van der Waals surface area contributed by atoms with Gasteiger partial charge >= 0.3 is 19.9 Å². The van der Waals surface area contributed by atoms with E-state index in [1.165, 1.54) is 22.9 Å². The van der Waals surface area contributed by atoms with Gasteiger partial charge in [-0.1, -0.05) is 18.2 Å². The summed E-state index contributed by atoms with van der Waals surface area (Å²) in [6.07, 6.45) is -7.75. The van der Waals surface area contributed by atoms with E-state index in [0.717, 1.165) is 6.08 Å². The van der Waals surface area contributed by atoms with Gasteiger partial charge in [-0.05, 0) is 35.9 Å². The van der Waals surface area contributed by atoms with Gasteiger partial charge in [0, 0.05) is 29.2 Å². The predicted molar refractivity (Wildman–Crippen MR) is 103 cm³/mol. The van der Waals surface area contributed by atoms with E-state index in [2.05, 4.69) is 0 Å². The number of hydrogen-bond acceptors (Lipinski definition) is 2. The van der Waals surface area contributed by atoms with Crippen molar-refractivity contribution in [3.8, 4) is 6.07 Å². The Morgan fingerprint density at radius 3 is 2.09 bits per heavy atom. The molecule has 0 spiro atoms. The molecule has 0 fully saturated rings. The Balaban J connectivity index is 2.16. The van der Waals surface area contributed by atoms with Crippen LogP contribution in [-0.2, 0) is 23.5 Å². The number of nitriles is 1. The molecule has 5 nitrogen and oxygen atoms in total. The van der Waals surface area contributed by atoms with E-state index >= 15 is 0 Å². The number of halogens is 6. The number of allylic oxidation sites excluding steroid dienone is 1. The molecule has 0 bridgehead atoms. The molecule has 0 saturated heterocycles. The largest absolute Gasteiger partial charge is 0.416 e. The van der Waals surface area contributed by atoms with Gasteiger partial charge in [0.25, 0.3) is 0 Å². The first-order valence-corrected chi connectivity index (χ1v) is 10.4. The van der Waals surface area contributed by atoms with Crippen molar-refractivity contribution in [3.05, 3.63) is 76.2 Å². The molecule has 0 aliphatic rings. The molecule has 32 heavy (non-hydrogen) atoms. The van der Waals surface area contributed by atoms with Crippen molar-refractivity contribution in [2.45, 2.75) is 18.9 Å². The van der Waals surface area contributed by atoms with Crippen molar-refractivity contribution in [1.29, 1.82) is 5.26 Å². The molecule has 1 aromatic heterocycles. The van der Waals surface area contributed by atoms with Gasteiger partial charge in [0.1, 0.15) is 11.4 Å². The molecular formula is C20H13F6N2O3P. The van der Waals surface area contributed by atoms with Gasteiger partial charge in [-0.25, -0.2) is 0 Å². The fourth-order valence-corrected chi connectivity index (χ4v) is 3.59. The molecule has 0 amide bonds. The Morgan fingerprint density at radius 2 is 1.59 bits per heavy atom. The topological polar surface area (TPSA) is 86.2 Å². The molecule has 3 rings (SSSR count). The Morgan fingerprint density at radius 1 is 1.03 bits per heavy atom. The Labute approximate surface area is 177 Å². The maximum atomic E-state index is 13.1. The molecule has 0 atom stereocenters. The summed E-state index contributed by atoms with van der Waals surface area (Å²) in [4.78, 5) is 18.5. The van der Waals surface area contributed by atoms with Crippen molar-refractivity contribution in [2.24, 2.45) is 0 Å². The molecule has 1 heterocycles. The monoisotopic (exact) mass is 474 g/mol. The first-order chi connectivity index (χ1) is 14.7. The summed E-state index contributed by atoms with van der Waals surface area (Å²) in [5.74, 6) is 0. The minimum absolute atomic E-state index is 0.0324. The molecule has 3 aromatic rings. The van der Waals surface area contributed by atoms with Gasteiger partial charge in [-0.2, -0.15) is 31.6 Å². The van der Waals surface area contributed by atoms with Gasteiger partial charge < -0.3 is 14.4 Å². The molecule has 0 saturated carbocycles. The number of nitrogens with zero attached hydrogens (tertiary/aromatic N) is 2. The average Bonchev–Trinajstić information content (AvgIpc) is 3.01. The van der Waals surface area contributed by atoms with Crippen LogP contribution in [0.4, 0.5) is 26.3 Å². The number of rotatable bonds is 4. The third kappa shape index (κ3) is 5.05. The lowest BCUT2D eigenvalue weighted by Crippen LogP contribution is -2.12. The lowest BCUT2D eigenvalue weighted by Gasteiger charge is -2.15. The highest BCUT2D eigenvalue weighted by molar-refractivity contribution is 7.57. The SMILES string of the molecule is N#C/C(=C\c1cn(Cc2cc(C(F)(F)F)cc(C(F)(F)F)c2)c2ccccc12)P(=O)(O)O. The molecular weight excluding hydrogens is 461 g/mol. The Hall–Kier alpha value is -3.06. The zero-order valence-corrected chi connectivity index (χ0v) is 16.7. The van der Waals surface area contributed by atoms with Crippen LogP contribution < -0.4 is 0 Å². The second kappa shape index (κ2) is 8.13. The number of aromatic nitrogens is 1. The Bertz CT molecular complexity index is 1260. The smallest absolute Gasteiger partial charge is 0.342 e. The summed E-state index contributed by atoms with van der Waals surface area (Å²) in [5.41, 5.74) is -2.63. The molecule has 0 aliphatic heterocycles. The van der Waals surface area contributed by atoms with Gasteiger partial charge in [0.15, 0.2) is 0 Å². The van der Waals surface area contributed by atoms with E-state index in [1.807, 2.05) is 0 Å². The van der Waals surface area contributed by atoms with Crippen molar-refractivity contribution in [2.75, 3.05) is 0 Å². The fraction of sp³-hybridized carbons (Fsp3) is 0.150. The van der Waals surface area contributed by atoms with Crippen molar-refractivity contribution in [3.63, 3.8) is 0 Å². The fourth-order valence-electron chi connectivity index (χ4n) is 3.16. The van der Waals surface area contributed by atoms with Crippen LogP contribution in [0.1, 0.15) is 22.3 Å². The van der Waals surface area contributed by atoms with Crippen LogP contribution in [0.3, 0.4) is 0 Å². The van der Waals surface area contributed by atoms with E-state index < -0.39 is 36.4 Å². The van der Waals surface area contributed by atoms with Crippen LogP contribution in [-0.4, -0.2) is 14.4 Å². The van der Waals surface area contributed by atoms with Gasteiger partial charge in [0.2, 0.25) is 0 Å². The summed E-state index contributed by atoms with van der Waals surface area (Å²) >= 11 is 0. The first kappa shape index (κ1) is 23.6. The Kier molecular flexibility index (Phi) is 6.00. The van der Waals surface area contributed by atoms with Gasteiger partial charge in [0.05, 0.1) is 11.1 Å². The minimum atomic E-state index is -4.99. The molecule has 12 heteroatoms. The normalized spacial score (nSPS) is 13.4. The molecule has 2 aromatic carbocycles. The van der Waals surface area contributed by atoms with Crippen LogP contribution in [0.2, 0.25) is 0 Å². The zero-order valence-electron chi connectivity index (χ0n) is 15.8. The molecule has 0 aliphatic carbocycles. The lowest BCUT2D eigenvalue weighted by molar-refractivity contribution is -0.143. The van der Waals surface area contributed by atoms with E-state index in [1.54, 1.807) is 18.2 Å². The van der Waals surface area contributed by atoms with Crippen LogP contribution in [0, 0.1) is 11.3 Å². The molecule has 0 unspecified atom stereocenters. The number of benzene rings is 2. The summed E-state index contributed by atoms with van der Waals surface area (Å²) < 4.78 is 91.6. The third-order valence-corrected chi connectivity index (χ3v) is 5.40. The van der Waals surface area contributed by atoms with Crippen molar-refractivity contribution >= 4 is 24.6 Å². The van der Waals surface area contributed by atoms with Crippen LogP contribution >= 0.6 is 7.60 Å². The minimum Gasteiger partial charge on any atom is -0.342 e. The van der Waals surface area contributed by atoms with Crippen molar-refractivity contribution < 1.29 is 40.7 Å². The lowest BCUT2D eigenvalue weighted by atomic mass is 10.0. The zero-order chi connectivity index (χ0) is 23.9. The van der Waals surface area contributed by atoms with Crippen molar-refractivity contribution in [1.82, 2.24) is 4.57 Å². The number of fused-ring (bicyclic) bond motifs is 1. The van der Waals surface area contributed by atoms with Crippen LogP contribution in [0.25, 0.3) is 17.0 Å². The highest BCUT2D eigenvalue weighted by Gasteiger charge is 2.37. The van der Waals surface area contributed by atoms with Crippen LogP contribution in [0.5, 0.6) is 0 Å². The average molecular weight is 474 g/mol. The third-order valence-electron chi connectivity index (χ3n) is 4.54. The molecule has 0 radical (unpaired) electrons. The first-order valence-electron chi connectivity index (χ1n) is 8.74. The molecule has 168 valence electrons. The second-order valence-corrected chi connectivity index (χ2v) is 8.40. The summed E-state index contributed by atoms with van der Waals surface area (Å²) in [7, 11) is -4.89. The summed E-state index contributed by atoms with van der Waals surface area (Å²) in [6, 6.07) is 8.89. The number of hydrogen-bond donors (Lipinski definition) is 2. The highest BCUT2D eigenvalue weighted by Crippen LogP contribution is 2.46. The maximum absolute atomic E-state index is 13.1. The predicted octanol–water partition coefficient (Wildman–Crippen LogP) is 5.77. The standard InChI is InChI=1S/C20H13F6N2O3P/c21-19(22,23)14-5-12(6-15(8-14)20(24,25)26)10-28-11-13(7-16(9-27)32(29,30)31)17-3-1-2-4-18(17)28/h1-8,11H,10H2,(H2,29,30,31)/b16-7+. The van der Waals surface area contributed by atoms with E-state index in [-0.39, 0.29) is 23.7 Å². The quantitative estimate of drug-likeness (QED) is 0.286. The number of alkyl halides is 6. The number of para-hydroxylation sites is 1. The van der Waals surface area contributed by atoms with Crippen LogP contribution in [0.15, 0.2) is 54.0 Å². The van der Waals surface area contributed by atoms with E-state index in [9.17, 15) is 40.7 Å². The summed E-state index contributed by atoms with van der Waals surface area (Å²) in [5, 5.41) is 8.59. The van der Waals surface area contributed by atoms with E-state index in [0.29, 0.717) is 23.0 Å². The summed E-state index contributed by atoms with van der Waals surface area (Å²) in [6.45, 7) is -0.390. The van der Waals surface area contributed by atoms with Gasteiger partial charge in [-0.15, -0.1) is 0 Å². The maximum Gasteiger partial charge on any atom is 0.416 e. The molecule has 2 N–H and O–H groups in total.